The molecule has 0 aliphatic carbocycles. The molecule has 158 valence electrons. The van der Waals surface area contributed by atoms with Crippen molar-refractivity contribution in [2.45, 2.75) is 31.7 Å². The molecule has 9 heteroatoms. The van der Waals surface area contributed by atoms with Crippen LogP contribution in [0.15, 0.2) is 27.8 Å². The molecule has 0 saturated carbocycles. The number of piperidine rings is 1. The molecular formula is C19H31IN4O4. The largest absolute Gasteiger partial charge is 0.469 e. The zero-order chi connectivity index (χ0) is 18.9. The van der Waals surface area contributed by atoms with Gasteiger partial charge in [0.15, 0.2) is 5.96 Å². The van der Waals surface area contributed by atoms with Gasteiger partial charge in [-0.1, -0.05) is 0 Å². The molecule has 1 amide bonds. The number of likely N-dealkylation sites (tertiary alicyclic amines) is 1. The van der Waals surface area contributed by atoms with Crippen LogP contribution in [-0.2, 0) is 15.9 Å². The summed E-state index contributed by atoms with van der Waals surface area (Å²) in [6.07, 6.45) is 5.07. The van der Waals surface area contributed by atoms with E-state index in [0.717, 1.165) is 63.7 Å². The van der Waals surface area contributed by atoms with Crippen molar-refractivity contribution in [1.29, 1.82) is 0 Å². The molecule has 8 nitrogen and oxygen atoms in total. The van der Waals surface area contributed by atoms with Crippen LogP contribution in [-0.4, -0.2) is 69.5 Å². The molecule has 3 rings (SSSR count). The molecule has 2 fully saturated rings. The van der Waals surface area contributed by atoms with Crippen LogP contribution < -0.4 is 10.6 Å². The number of amides is 1. The number of carbonyl (C=O) groups is 1. The average molecular weight is 506 g/mol. The van der Waals surface area contributed by atoms with Gasteiger partial charge in [0, 0.05) is 51.2 Å². The van der Waals surface area contributed by atoms with E-state index in [1.807, 2.05) is 12.1 Å². The fourth-order valence-corrected chi connectivity index (χ4v) is 3.39. The second kappa shape index (κ2) is 12.2. The van der Waals surface area contributed by atoms with Crippen LogP contribution in [0.1, 0.15) is 25.0 Å². The van der Waals surface area contributed by atoms with Gasteiger partial charge in [-0.05, 0) is 31.4 Å². The number of methoxy groups -OCH3 is 1. The van der Waals surface area contributed by atoms with E-state index >= 15 is 0 Å². The lowest BCUT2D eigenvalue weighted by Crippen LogP contribution is -2.50. The first-order chi connectivity index (χ1) is 13.2. The highest BCUT2D eigenvalue weighted by Gasteiger charge is 2.24. The molecular weight excluding hydrogens is 475 g/mol. The quantitative estimate of drug-likeness (QED) is 0.350. The molecule has 0 bridgehead atoms. The van der Waals surface area contributed by atoms with Crippen molar-refractivity contribution < 1.29 is 18.7 Å². The molecule has 2 aliphatic rings. The summed E-state index contributed by atoms with van der Waals surface area (Å²) in [6, 6.07) is 4.17. The predicted octanol–water partition coefficient (Wildman–Crippen LogP) is 2.24. The summed E-state index contributed by atoms with van der Waals surface area (Å²) < 4.78 is 15.6. The molecule has 0 spiro atoms. The van der Waals surface area contributed by atoms with Gasteiger partial charge in [-0.2, -0.15) is 0 Å². The van der Waals surface area contributed by atoms with Crippen molar-refractivity contribution in [3.05, 3.63) is 24.2 Å². The minimum Gasteiger partial charge on any atom is -0.469 e. The lowest BCUT2D eigenvalue weighted by atomic mass is 10.1. The van der Waals surface area contributed by atoms with E-state index in [-0.39, 0.29) is 30.1 Å². The minimum atomic E-state index is -0.250. The fraction of sp³-hybridized carbons (Fsp3) is 0.684. The third-order valence-corrected chi connectivity index (χ3v) is 5.04. The highest BCUT2D eigenvalue weighted by atomic mass is 127. The molecule has 3 heterocycles. The number of ether oxygens (including phenoxy) is 2. The van der Waals surface area contributed by atoms with Crippen LogP contribution in [0.2, 0.25) is 0 Å². The Bertz CT molecular complexity index is 597. The van der Waals surface area contributed by atoms with E-state index in [1.54, 1.807) is 11.2 Å². The molecule has 1 unspecified atom stereocenters. The minimum absolute atomic E-state index is 0. The summed E-state index contributed by atoms with van der Waals surface area (Å²) >= 11 is 0. The van der Waals surface area contributed by atoms with Gasteiger partial charge in [0.2, 0.25) is 0 Å². The average Bonchev–Trinajstić information content (AvgIpc) is 3.40. The molecule has 2 aliphatic heterocycles. The lowest BCUT2D eigenvalue weighted by Gasteiger charge is -2.32. The second-order valence-electron chi connectivity index (χ2n) is 7.05. The van der Waals surface area contributed by atoms with Gasteiger partial charge in [0.1, 0.15) is 5.76 Å². The first-order valence-electron chi connectivity index (χ1n) is 9.72. The molecule has 28 heavy (non-hydrogen) atoms. The summed E-state index contributed by atoms with van der Waals surface area (Å²) in [6.45, 7) is 4.53. The van der Waals surface area contributed by atoms with E-state index in [1.165, 1.54) is 7.11 Å². The lowest BCUT2D eigenvalue weighted by molar-refractivity contribution is 0.111. The van der Waals surface area contributed by atoms with Crippen LogP contribution >= 0.6 is 24.0 Å². The van der Waals surface area contributed by atoms with Gasteiger partial charge in [0.05, 0.1) is 20.0 Å². The standard InChI is InChI=1S/C19H30N4O4.HI/c1-25-19(24)23-9-5-16(6-10-23)22-18(21-13-15-7-12-26-14-15)20-8-4-17-3-2-11-27-17;/h2-3,11,15-16H,4-10,12-14H2,1H3,(H2,20,21,22);1H. The summed E-state index contributed by atoms with van der Waals surface area (Å²) in [7, 11) is 1.42. The molecule has 1 atom stereocenters. The molecule has 1 aromatic rings. The number of rotatable bonds is 6. The maximum absolute atomic E-state index is 11.6. The number of furan rings is 1. The fourth-order valence-electron chi connectivity index (χ4n) is 3.39. The number of carbonyl (C=O) groups excluding carboxylic acids is 1. The number of nitrogens with zero attached hydrogens (tertiary/aromatic N) is 2. The molecule has 0 radical (unpaired) electrons. The van der Waals surface area contributed by atoms with Crippen molar-refractivity contribution in [3.8, 4) is 0 Å². The van der Waals surface area contributed by atoms with Crippen molar-refractivity contribution in [3.63, 3.8) is 0 Å². The highest BCUT2D eigenvalue weighted by molar-refractivity contribution is 14.0. The third-order valence-electron chi connectivity index (χ3n) is 5.04. The van der Waals surface area contributed by atoms with Crippen LogP contribution in [0.3, 0.4) is 0 Å². The second-order valence-corrected chi connectivity index (χ2v) is 7.05. The van der Waals surface area contributed by atoms with Gasteiger partial charge < -0.3 is 29.4 Å². The zero-order valence-corrected chi connectivity index (χ0v) is 18.7. The summed E-state index contributed by atoms with van der Waals surface area (Å²) in [4.78, 5) is 18.1. The number of guanidine groups is 1. The smallest absolute Gasteiger partial charge is 0.409 e. The van der Waals surface area contributed by atoms with Crippen molar-refractivity contribution >= 4 is 36.0 Å². The Balaban J connectivity index is 0.00000280. The summed E-state index contributed by atoms with van der Waals surface area (Å²) in [5.41, 5.74) is 0. The highest BCUT2D eigenvalue weighted by Crippen LogP contribution is 2.13. The SMILES string of the molecule is COC(=O)N1CCC(NC(=NCC2CCOC2)NCCc2ccco2)CC1.I. The Hall–Kier alpha value is -1.49. The third kappa shape index (κ3) is 7.16. The maximum atomic E-state index is 11.6. The number of nitrogens with one attached hydrogen (secondary N) is 2. The summed E-state index contributed by atoms with van der Waals surface area (Å²) in [5.74, 6) is 2.28. The first-order valence-corrected chi connectivity index (χ1v) is 9.72. The molecule has 1 aromatic heterocycles. The number of aliphatic imine (C=N–C) groups is 1. The van der Waals surface area contributed by atoms with Crippen molar-refractivity contribution in [2.24, 2.45) is 10.9 Å². The van der Waals surface area contributed by atoms with Crippen molar-refractivity contribution in [1.82, 2.24) is 15.5 Å². The molecule has 0 aromatic carbocycles. The molecule has 2 saturated heterocycles. The first kappa shape index (κ1) is 22.8. The van der Waals surface area contributed by atoms with Crippen molar-refractivity contribution in [2.75, 3.05) is 46.5 Å². The maximum Gasteiger partial charge on any atom is 0.409 e. The number of halogens is 1. The Morgan fingerprint density at radius 2 is 2.18 bits per heavy atom. The van der Waals surface area contributed by atoms with Gasteiger partial charge in [-0.25, -0.2) is 4.79 Å². The predicted molar refractivity (Wildman–Crippen MR) is 117 cm³/mol. The Morgan fingerprint density at radius 1 is 1.36 bits per heavy atom. The van der Waals surface area contributed by atoms with Gasteiger partial charge in [-0.15, -0.1) is 24.0 Å². The van der Waals surface area contributed by atoms with Gasteiger partial charge >= 0.3 is 6.09 Å². The van der Waals surface area contributed by atoms with E-state index in [2.05, 4.69) is 10.6 Å². The van der Waals surface area contributed by atoms with Crippen LogP contribution in [0.4, 0.5) is 4.79 Å². The Labute approximate surface area is 183 Å². The normalized spacial score (nSPS) is 20.5. The van der Waals surface area contributed by atoms with Gasteiger partial charge in [0.25, 0.3) is 0 Å². The van der Waals surface area contributed by atoms with E-state index in [4.69, 9.17) is 18.9 Å². The zero-order valence-electron chi connectivity index (χ0n) is 16.4. The van der Waals surface area contributed by atoms with E-state index in [0.29, 0.717) is 25.0 Å². The van der Waals surface area contributed by atoms with Crippen LogP contribution in [0, 0.1) is 5.92 Å². The van der Waals surface area contributed by atoms with E-state index < -0.39 is 0 Å². The van der Waals surface area contributed by atoms with E-state index in [9.17, 15) is 4.79 Å². The monoisotopic (exact) mass is 506 g/mol. The topological polar surface area (TPSA) is 88.3 Å². The number of hydrogen-bond acceptors (Lipinski definition) is 5. The van der Waals surface area contributed by atoms with Crippen LogP contribution in [0.25, 0.3) is 0 Å². The van der Waals surface area contributed by atoms with Gasteiger partial charge in [-0.3, -0.25) is 4.99 Å². The Kier molecular flexibility index (Phi) is 9.89. The molecule has 2 N–H and O–H groups in total. The van der Waals surface area contributed by atoms with Crippen LogP contribution in [0.5, 0.6) is 0 Å². The summed E-state index contributed by atoms with van der Waals surface area (Å²) in [5, 5.41) is 6.93. The Morgan fingerprint density at radius 3 is 2.82 bits per heavy atom. The number of hydrogen-bond donors (Lipinski definition) is 2.